The van der Waals surface area contributed by atoms with Crippen molar-refractivity contribution in [2.24, 2.45) is 10.2 Å². The van der Waals surface area contributed by atoms with Crippen molar-refractivity contribution in [1.82, 2.24) is 23.1 Å². The zero-order chi connectivity index (χ0) is 19.7. The third-order valence-corrected chi connectivity index (χ3v) is 16.7. The molecule has 0 aromatic heterocycles. The molecule has 0 unspecified atom stereocenters. The molecular weight excluding hydrogens is 412 g/mol. The molecule has 3 aliphatic rings. The summed E-state index contributed by atoms with van der Waals surface area (Å²) in [4.78, 5) is 0. The van der Waals surface area contributed by atoms with E-state index < -0.39 is 14.9 Å². The van der Waals surface area contributed by atoms with Gasteiger partial charge in [-0.05, 0) is 0 Å². The summed E-state index contributed by atoms with van der Waals surface area (Å²) in [7, 11) is 7.21. The fourth-order valence-corrected chi connectivity index (χ4v) is 15.1. The predicted octanol–water partition coefficient (Wildman–Crippen LogP) is 4.37. The summed E-state index contributed by atoms with van der Waals surface area (Å²) >= 11 is 7.68. The van der Waals surface area contributed by atoms with Gasteiger partial charge in [0.1, 0.15) is 0 Å². The first-order valence-electron chi connectivity index (χ1n) is 8.97. The topological polar surface area (TPSA) is 40.9 Å². The van der Waals surface area contributed by atoms with Gasteiger partial charge in [-0.2, -0.15) is 0 Å². The standard InChI is InChI=1S/C18H22ClN7P2/c1-22(2)27-25-17(15-11-7-5-8-12-15)20-23(3)28(25,19)24(4)21-18(26(27)28)16-13-9-6-10-14-16/h5-14H,1-4H3. The molecule has 146 valence electrons. The van der Waals surface area contributed by atoms with Crippen LogP contribution in [0.25, 0.3) is 0 Å². The van der Waals surface area contributed by atoms with Crippen molar-refractivity contribution in [1.29, 1.82) is 0 Å². The summed E-state index contributed by atoms with van der Waals surface area (Å²) in [5.41, 5.74) is 2.12. The average molecular weight is 434 g/mol. The normalized spacial score (nSPS) is 25.5. The minimum absolute atomic E-state index is 0.893. The van der Waals surface area contributed by atoms with E-state index >= 15 is 0 Å². The van der Waals surface area contributed by atoms with Crippen molar-refractivity contribution in [2.45, 2.75) is 0 Å². The fourth-order valence-electron chi connectivity index (χ4n) is 3.94. The van der Waals surface area contributed by atoms with Crippen molar-refractivity contribution in [3.8, 4) is 0 Å². The number of hydrogen-bond acceptors (Lipinski definition) is 7. The maximum absolute atomic E-state index is 7.68. The van der Waals surface area contributed by atoms with E-state index in [0.717, 1.165) is 22.8 Å². The minimum atomic E-state index is -3.42. The number of benzene rings is 2. The van der Waals surface area contributed by atoms with Crippen LogP contribution in [0, 0.1) is 0 Å². The number of hydrogen-bond donors (Lipinski definition) is 0. The summed E-state index contributed by atoms with van der Waals surface area (Å²) < 4.78 is 10.7. The van der Waals surface area contributed by atoms with Gasteiger partial charge in [0.25, 0.3) is 0 Å². The van der Waals surface area contributed by atoms with Crippen LogP contribution in [0.3, 0.4) is 0 Å². The molecule has 0 atom stereocenters. The molecule has 10 heteroatoms. The summed E-state index contributed by atoms with van der Waals surface area (Å²) in [6.45, 7) is -3.42. The second-order valence-electron chi connectivity index (χ2n) is 7.09. The Balaban J connectivity index is 1.68. The summed E-state index contributed by atoms with van der Waals surface area (Å²) in [6.07, 6.45) is 0. The van der Waals surface area contributed by atoms with Crippen molar-refractivity contribution in [3.05, 3.63) is 71.8 Å². The SMILES string of the molecule is CN(C)P1N2C(c3ccccc3)=NN(C)P23(Cl)N(C)N=C(c2ccccc2)N13. The van der Waals surface area contributed by atoms with E-state index in [1.54, 1.807) is 0 Å². The van der Waals surface area contributed by atoms with E-state index in [-0.39, 0.29) is 0 Å². The molecule has 0 bridgehead atoms. The van der Waals surface area contributed by atoms with Crippen LogP contribution in [0.5, 0.6) is 0 Å². The van der Waals surface area contributed by atoms with Gasteiger partial charge >= 0.3 is 171 Å². The first-order valence-corrected chi connectivity index (χ1v) is 13.1. The zero-order valence-electron chi connectivity index (χ0n) is 16.2. The number of rotatable bonds is 3. The van der Waals surface area contributed by atoms with Crippen molar-refractivity contribution < 1.29 is 0 Å². The van der Waals surface area contributed by atoms with Crippen LogP contribution in [0.15, 0.2) is 70.9 Å². The Kier molecular flexibility index (Phi) is 3.76. The summed E-state index contributed by atoms with van der Waals surface area (Å²) in [5, 5.41) is 9.87. The van der Waals surface area contributed by atoms with Crippen molar-refractivity contribution in [2.75, 3.05) is 28.2 Å². The molecule has 0 radical (unpaired) electrons. The molecule has 0 aliphatic carbocycles. The molecule has 2 aromatic carbocycles. The van der Waals surface area contributed by atoms with Crippen LogP contribution >= 0.6 is 26.2 Å². The molecule has 28 heavy (non-hydrogen) atoms. The molecule has 7 nitrogen and oxygen atoms in total. The third kappa shape index (κ3) is 1.91. The molecule has 3 heterocycles. The molecule has 0 amide bonds. The van der Waals surface area contributed by atoms with Crippen LogP contribution in [0.1, 0.15) is 11.1 Å². The van der Waals surface area contributed by atoms with E-state index in [0.29, 0.717) is 0 Å². The Labute approximate surface area is 171 Å². The van der Waals surface area contributed by atoms with Gasteiger partial charge in [-0.1, -0.05) is 0 Å². The van der Waals surface area contributed by atoms with E-state index in [1.807, 2.05) is 60.1 Å². The maximum atomic E-state index is 7.68. The first kappa shape index (κ1) is 18.1. The second kappa shape index (κ2) is 5.80. The molecule has 0 saturated carbocycles. The second-order valence-corrected chi connectivity index (χ2v) is 15.3. The van der Waals surface area contributed by atoms with Crippen LogP contribution in [-0.2, 0) is 0 Å². The summed E-state index contributed by atoms with van der Waals surface area (Å²) in [5.74, 6) is 1.81. The quantitative estimate of drug-likeness (QED) is 0.672. The van der Waals surface area contributed by atoms with Crippen molar-refractivity contribution in [3.63, 3.8) is 0 Å². The van der Waals surface area contributed by atoms with Gasteiger partial charge in [0.15, 0.2) is 0 Å². The van der Waals surface area contributed by atoms with Crippen LogP contribution in [0.2, 0.25) is 0 Å². The Hall–Kier alpha value is -1.91. The monoisotopic (exact) mass is 433 g/mol. The Morgan fingerprint density at radius 3 is 1.54 bits per heavy atom. The molecule has 2 aromatic rings. The van der Waals surface area contributed by atoms with Gasteiger partial charge in [-0.3, -0.25) is 0 Å². The fraction of sp³-hybridized carbons (Fsp3) is 0.222. The van der Waals surface area contributed by atoms with Crippen molar-refractivity contribution >= 4 is 37.8 Å². The molecule has 0 N–H and O–H groups in total. The van der Waals surface area contributed by atoms with E-state index in [1.165, 1.54) is 0 Å². The summed E-state index contributed by atoms with van der Waals surface area (Å²) in [6, 6.07) is 20.5. The van der Waals surface area contributed by atoms with E-state index in [9.17, 15) is 0 Å². The average Bonchev–Trinajstić information content (AvgIpc) is 3.01. The number of nitrogens with zero attached hydrogens (tertiary/aromatic N) is 7. The number of halogens is 1. The van der Waals surface area contributed by atoms with Gasteiger partial charge < -0.3 is 0 Å². The van der Waals surface area contributed by atoms with Gasteiger partial charge in [0.05, 0.1) is 0 Å². The molecule has 1 spiro atoms. The van der Waals surface area contributed by atoms with Crippen LogP contribution in [0.4, 0.5) is 0 Å². The molecule has 1 fully saturated rings. The van der Waals surface area contributed by atoms with Gasteiger partial charge in [-0.25, -0.2) is 0 Å². The zero-order valence-corrected chi connectivity index (χ0v) is 18.7. The van der Waals surface area contributed by atoms with E-state index in [4.69, 9.17) is 21.4 Å². The Bertz CT molecular complexity index is 922. The van der Waals surface area contributed by atoms with Crippen LogP contribution in [-0.4, -0.2) is 63.0 Å². The van der Waals surface area contributed by atoms with Gasteiger partial charge in [-0.15, -0.1) is 0 Å². The van der Waals surface area contributed by atoms with Gasteiger partial charge in [0.2, 0.25) is 0 Å². The van der Waals surface area contributed by atoms with Gasteiger partial charge in [0, 0.05) is 0 Å². The van der Waals surface area contributed by atoms with Crippen LogP contribution < -0.4 is 0 Å². The number of hydrazone groups is 2. The van der Waals surface area contributed by atoms with E-state index in [2.05, 4.69) is 51.9 Å². The molecule has 1 saturated heterocycles. The Morgan fingerprint density at radius 1 is 0.786 bits per heavy atom. The number of amidine groups is 2. The Morgan fingerprint density at radius 2 is 1.18 bits per heavy atom. The molecular formula is C18H22ClN7P2. The molecule has 3 aliphatic heterocycles. The third-order valence-electron chi connectivity index (χ3n) is 5.27. The molecule has 5 rings (SSSR count). The first-order chi connectivity index (χ1) is 13.4. The predicted molar refractivity (Wildman–Crippen MR) is 119 cm³/mol.